The number of rotatable bonds is 6. The highest BCUT2D eigenvalue weighted by molar-refractivity contribution is 5.95. The third-order valence-electron chi connectivity index (χ3n) is 4.63. The van der Waals surface area contributed by atoms with E-state index in [2.05, 4.69) is 18.0 Å². The topological polar surface area (TPSA) is 57.0 Å². The number of pyridine rings is 1. The summed E-state index contributed by atoms with van der Waals surface area (Å²) < 4.78 is 0. The number of benzene rings is 1. The van der Waals surface area contributed by atoms with Crippen LogP contribution < -0.4 is 0 Å². The standard InChI is InChI=1S/C20H21N3O/c1-15(16-7-8-16)23(14-4-12-21)20(24)10-9-17-11-13-22-19-6-3-2-5-18(17)19/h2-3,5-6,9-11,13,15-16H,4,7-8,14H2,1H3/b10-9+. The van der Waals surface area contributed by atoms with Crippen molar-refractivity contribution in [2.75, 3.05) is 6.54 Å². The van der Waals surface area contributed by atoms with E-state index in [9.17, 15) is 4.79 Å². The van der Waals surface area contributed by atoms with Gasteiger partial charge in [0, 0.05) is 30.2 Å². The molecular formula is C20H21N3O. The van der Waals surface area contributed by atoms with Crippen molar-refractivity contribution >= 4 is 22.9 Å². The van der Waals surface area contributed by atoms with Gasteiger partial charge in [-0.3, -0.25) is 9.78 Å². The van der Waals surface area contributed by atoms with Crippen molar-refractivity contribution in [2.45, 2.75) is 32.2 Å². The van der Waals surface area contributed by atoms with E-state index >= 15 is 0 Å². The van der Waals surface area contributed by atoms with Gasteiger partial charge in [0.2, 0.25) is 5.91 Å². The molecule has 3 rings (SSSR count). The van der Waals surface area contributed by atoms with Crippen LogP contribution in [0.3, 0.4) is 0 Å². The molecule has 0 bridgehead atoms. The molecule has 2 aromatic rings. The molecule has 1 aromatic carbocycles. The quantitative estimate of drug-likeness (QED) is 0.761. The number of amides is 1. The maximum Gasteiger partial charge on any atom is 0.246 e. The summed E-state index contributed by atoms with van der Waals surface area (Å²) in [5, 5.41) is 9.88. The first-order chi connectivity index (χ1) is 11.7. The number of nitrogens with zero attached hydrogens (tertiary/aromatic N) is 3. The summed E-state index contributed by atoms with van der Waals surface area (Å²) in [5.74, 6) is 0.563. The van der Waals surface area contributed by atoms with E-state index < -0.39 is 0 Å². The number of carbonyl (C=O) groups is 1. The van der Waals surface area contributed by atoms with Gasteiger partial charge in [0.05, 0.1) is 18.0 Å². The van der Waals surface area contributed by atoms with Gasteiger partial charge in [-0.05, 0) is 49.5 Å². The number of para-hydroxylation sites is 1. The second kappa shape index (κ2) is 7.27. The number of hydrogen-bond acceptors (Lipinski definition) is 3. The van der Waals surface area contributed by atoms with Gasteiger partial charge in [-0.1, -0.05) is 18.2 Å². The van der Waals surface area contributed by atoms with E-state index in [1.807, 2.05) is 41.3 Å². The summed E-state index contributed by atoms with van der Waals surface area (Å²) in [5.41, 5.74) is 1.90. The second-order valence-electron chi connectivity index (χ2n) is 6.27. The van der Waals surface area contributed by atoms with Crippen molar-refractivity contribution < 1.29 is 4.79 Å². The van der Waals surface area contributed by atoms with Crippen LogP contribution in [0.15, 0.2) is 42.6 Å². The van der Waals surface area contributed by atoms with Gasteiger partial charge in [-0.2, -0.15) is 5.26 Å². The van der Waals surface area contributed by atoms with Crippen LogP contribution in [0.2, 0.25) is 0 Å². The molecule has 1 unspecified atom stereocenters. The van der Waals surface area contributed by atoms with Crippen LogP contribution in [-0.2, 0) is 4.79 Å². The predicted octanol–water partition coefficient (Wildman–Crippen LogP) is 3.79. The van der Waals surface area contributed by atoms with Crippen LogP contribution in [0.5, 0.6) is 0 Å². The van der Waals surface area contributed by atoms with Crippen molar-refractivity contribution in [2.24, 2.45) is 5.92 Å². The number of nitriles is 1. The SMILES string of the molecule is CC(C1CC1)N(CCC#N)C(=O)/C=C/c1ccnc2ccccc12. The molecule has 4 heteroatoms. The molecule has 1 fully saturated rings. The Kier molecular flexibility index (Phi) is 4.90. The first-order valence-corrected chi connectivity index (χ1v) is 8.40. The van der Waals surface area contributed by atoms with Crippen LogP contribution in [0, 0.1) is 17.2 Å². The molecule has 1 atom stereocenters. The Morgan fingerprint density at radius 1 is 1.42 bits per heavy atom. The maximum atomic E-state index is 12.6. The molecule has 1 heterocycles. The largest absolute Gasteiger partial charge is 0.335 e. The molecule has 0 spiro atoms. The van der Waals surface area contributed by atoms with E-state index in [0.29, 0.717) is 18.9 Å². The fourth-order valence-corrected chi connectivity index (χ4v) is 3.04. The number of fused-ring (bicyclic) bond motifs is 1. The summed E-state index contributed by atoms with van der Waals surface area (Å²) >= 11 is 0. The molecule has 1 aliphatic rings. The molecule has 0 radical (unpaired) electrons. The Bertz CT molecular complexity index is 797. The Hall–Kier alpha value is -2.67. The highest BCUT2D eigenvalue weighted by atomic mass is 16.2. The summed E-state index contributed by atoms with van der Waals surface area (Å²) in [6, 6.07) is 12.1. The molecule has 0 N–H and O–H groups in total. The third kappa shape index (κ3) is 3.62. The number of carbonyl (C=O) groups excluding carboxylic acids is 1. The van der Waals surface area contributed by atoms with Crippen molar-refractivity contribution in [1.29, 1.82) is 5.26 Å². The minimum absolute atomic E-state index is 0.0226. The molecule has 4 nitrogen and oxygen atoms in total. The summed E-state index contributed by atoms with van der Waals surface area (Å²) in [4.78, 5) is 18.8. The number of hydrogen-bond donors (Lipinski definition) is 0. The van der Waals surface area contributed by atoms with Crippen LogP contribution in [0.4, 0.5) is 0 Å². The highest BCUT2D eigenvalue weighted by Gasteiger charge is 2.33. The van der Waals surface area contributed by atoms with Crippen molar-refractivity contribution in [1.82, 2.24) is 9.88 Å². The number of aromatic nitrogens is 1. The third-order valence-corrected chi connectivity index (χ3v) is 4.63. The molecule has 1 aromatic heterocycles. The molecule has 1 amide bonds. The van der Waals surface area contributed by atoms with Gasteiger partial charge in [-0.25, -0.2) is 0 Å². The van der Waals surface area contributed by atoms with E-state index in [4.69, 9.17) is 5.26 Å². The summed E-state index contributed by atoms with van der Waals surface area (Å²) in [7, 11) is 0. The smallest absolute Gasteiger partial charge is 0.246 e. The van der Waals surface area contributed by atoms with Crippen LogP contribution >= 0.6 is 0 Å². The monoisotopic (exact) mass is 319 g/mol. The Balaban J connectivity index is 1.80. The summed E-state index contributed by atoms with van der Waals surface area (Å²) in [6.07, 6.45) is 7.96. The Labute approximate surface area is 142 Å². The lowest BCUT2D eigenvalue weighted by molar-refractivity contribution is -0.128. The minimum atomic E-state index is -0.0226. The van der Waals surface area contributed by atoms with E-state index in [1.165, 1.54) is 12.8 Å². The highest BCUT2D eigenvalue weighted by Crippen LogP contribution is 2.35. The average molecular weight is 319 g/mol. The predicted molar refractivity (Wildman–Crippen MR) is 94.9 cm³/mol. The van der Waals surface area contributed by atoms with Gasteiger partial charge < -0.3 is 4.90 Å². The fraction of sp³-hybridized carbons (Fsp3) is 0.350. The lowest BCUT2D eigenvalue weighted by atomic mass is 10.1. The van der Waals surface area contributed by atoms with Gasteiger partial charge in [0.1, 0.15) is 0 Å². The Morgan fingerprint density at radius 2 is 2.21 bits per heavy atom. The fourth-order valence-electron chi connectivity index (χ4n) is 3.04. The minimum Gasteiger partial charge on any atom is -0.335 e. The van der Waals surface area contributed by atoms with Gasteiger partial charge in [0.15, 0.2) is 0 Å². The lowest BCUT2D eigenvalue weighted by Crippen LogP contribution is -2.39. The van der Waals surface area contributed by atoms with E-state index in [0.717, 1.165) is 16.5 Å². The van der Waals surface area contributed by atoms with Crippen LogP contribution in [-0.4, -0.2) is 28.4 Å². The summed E-state index contributed by atoms with van der Waals surface area (Å²) in [6.45, 7) is 2.58. The average Bonchev–Trinajstić information content (AvgIpc) is 3.45. The first-order valence-electron chi connectivity index (χ1n) is 8.40. The zero-order chi connectivity index (χ0) is 16.9. The van der Waals surface area contributed by atoms with Crippen LogP contribution in [0.25, 0.3) is 17.0 Å². The molecule has 122 valence electrons. The molecule has 0 aliphatic heterocycles. The normalized spacial score (nSPS) is 15.3. The van der Waals surface area contributed by atoms with Crippen molar-refractivity contribution in [3.05, 3.63) is 48.2 Å². The van der Waals surface area contributed by atoms with Gasteiger partial charge in [0.25, 0.3) is 0 Å². The molecule has 24 heavy (non-hydrogen) atoms. The molecular weight excluding hydrogens is 298 g/mol. The first kappa shape index (κ1) is 16.2. The van der Waals surface area contributed by atoms with Gasteiger partial charge in [-0.15, -0.1) is 0 Å². The zero-order valence-corrected chi connectivity index (χ0v) is 13.9. The lowest BCUT2D eigenvalue weighted by Gasteiger charge is -2.27. The second-order valence-corrected chi connectivity index (χ2v) is 6.27. The zero-order valence-electron chi connectivity index (χ0n) is 13.9. The molecule has 1 saturated carbocycles. The van der Waals surface area contributed by atoms with Crippen LogP contribution in [0.1, 0.15) is 31.7 Å². The Morgan fingerprint density at radius 3 is 2.96 bits per heavy atom. The van der Waals surface area contributed by atoms with E-state index in [1.54, 1.807) is 12.3 Å². The molecule has 1 aliphatic carbocycles. The van der Waals surface area contributed by atoms with Gasteiger partial charge >= 0.3 is 0 Å². The van der Waals surface area contributed by atoms with Crippen molar-refractivity contribution in [3.8, 4) is 6.07 Å². The maximum absolute atomic E-state index is 12.6. The molecule has 0 saturated heterocycles. The van der Waals surface area contributed by atoms with E-state index in [-0.39, 0.29) is 11.9 Å². The van der Waals surface area contributed by atoms with Crippen molar-refractivity contribution in [3.63, 3.8) is 0 Å².